The van der Waals surface area contributed by atoms with Crippen LogP contribution in [0.4, 0.5) is 5.95 Å². The van der Waals surface area contributed by atoms with E-state index >= 15 is 0 Å². The highest BCUT2D eigenvalue weighted by Gasteiger charge is 2.32. The third kappa shape index (κ3) is 1.60. The van der Waals surface area contributed by atoms with E-state index in [1.165, 1.54) is 0 Å². The molecule has 4 nitrogen and oxygen atoms in total. The van der Waals surface area contributed by atoms with Crippen LogP contribution in [0.2, 0.25) is 0 Å². The van der Waals surface area contributed by atoms with Gasteiger partial charge in [0.05, 0.1) is 23.2 Å². The first-order chi connectivity index (χ1) is 8.21. The van der Waals surface area contributed by atoms with Gasteiger partial charge in [-0.15, -0.1) is 0 Å². The van der Waals surface area contributed by atoms with Crippen LogP contribution in [0, 0.1) is 0 Å². The lowest BCUT2D eigenvalue weighted by Crippen LogP contribution is -2.39. The molecule has 3 rings (SSSR count). The summed E-state index contributed by atoms with van der Waals surface area (Å²) < 4.78 is 7.74. The molecule has 1 aliphatic rings. The number of nitrogens with zero attached hydrogens (tertiary/aromatic N) is 2. The van der Waals surface area contributed by atoms with Crippen molar-refractivity contribution in [3.05, 3.63) is 24.3 Å². The highest BCUT2D eigenvalue weighted by molar-refractivity contribution is 5.78. The van der Waals surface area contributed by atoms with Gasteiger partial charge in [-0.1, -0.05) is 12.1 Å². The molecule has 90 valence electrons. The fourth-order valence-electron chi connectivity index (χ4n) is 2.71. The molecule has 4 heteroatoms. The van der Waals surface area contributed by atoms with Gasteiger partial charge in [-0.2, -0.15) is 0 Å². The van der Waals surface area contributed by atoms with Crippen LogP contribution < -0.4 is 5.73 Å². The first kappa shape index (κ1) is 10.6. The molecule has 1 aliphatic heterocycles. The second-order valence-electron chi connectivity index (χ2n) is 4.95. The highest BCUT2D eigenvalue weighted by atomic mass is 16.5. The minimum absolute atomic E-state index is 0.0710. The summed E-state index contributed by atoms with van der Waals surface area (Å²) in [6, 6.07) is 8.07. The van der Waals surface area contributed by atoms with Crippen LogP contribution in [-0.2, 0) is 10.3 Å². The Bertz CT molecular complexity index is 541. The number of hydrogen-bond donors (Lipinski definition) is 1. The van der Waals surface area contributed by atoms with E-state index in [0.29, 0.717) is 12.6 Å². The number of rotatable bonds is 1. The van der Waals surface area contributed by atoms with Crippen molar-refractivity contribution in [3.63, 3.8) is 0 Å². The summed E-state index contributed by atoms with van der Waals surface area (Å²) in [7, 11) is 0. The standard InChI is InChI=1S/C13H17N3O/c1-13(7-4-8-17-9-13)16-11-6-3-2-5-10(11)15-12(16)14/h2-3,5-6H,4,7-9H2,1H3,(H2,14,15). The minimum Gasteiger partial charge on any atom is -0.379 e. The largest absolute Gasteiger partial charge is 0.379 e. The molecule has 2 aromatic rings. The number of nitrogens with two attached hydrogens (primary N) is 1. The molecule has 1 atom stereocenters. The number of aromatic nitrogens is 2. The molecule has 1 unspecified atom stereocenters. The molecule has 0 radical (unpaired) electrons. The van der Waals surface area contributed by atoms with E-state index in [0.717, 1.165) is 30.5 Å². The smallest absolute Gasteiger partial charge is 0.201 e. The van der Waals surface area contributed by atoms with Gasteiger partial charge < -0.3 is 15.0 Å². The quantitative estimate of drug-likeness (QED) is 0.818. The van der Waals surface area contributed by atoms with Gasteiger partial charge in [0.15, 0.2) is 0 Å². The normalized spacial score (nSPS) is 25.2. The molecular weight excluding hydrogens is 214 g/mol. The van der Waals surface area contributed by atoms with E-state index in [9.17, 15) is 0 Å². The summed E-state index contributed by atoms with van der Waals surface area (Å²) in [5, 5.41) is 0. The lowest BCUT2D eigenvalue weighted by molar-refractivity contribution is 0.0124. The molecule has 0 bridgehead atoms. The number of benzene rings is 1. The van der Waals surface area contributed by atoms with Crippen molar-refractivity contribution < 1.29 is 4.74 Å². The molecule has 0 saturated carbocycles. The lowest BCUT2D eigenvalue weighted by Gasteiger charge is -2.35. The van der Waals surface area contributed by atoms with Gasteiger partial charge in [-0.05, 0) is 31.9 Å². The Kier molecular flexibility index (Phi) is 2.33. The summed E-state index contributed by atoms with van der Waals surface area (Å²) >= 11 is 0. The molecule has 1 fully saturated rings. The Morgan fingerprint density at radius 1 is 1.41 bits per heavy atom. The maximum atomic E-state index is 6.07. The van der Waals surface area contributed by atoms with Crippen molar-refractivity contribution in [2.75, 3.05) is 18.9 Å². The summed E-state index contributed by atoms with van der Waals surface area (Å²) in [6.07, 6.45) is 2.15. The van der Waals surface area contributed by atoms with Gasteiger partial charge >= 0.3 is 0 Å². The van der Waals surface area contributed by atoms with Crippen molar-refractivity contribution in [3.8, 4) is 0 Å². The molecule has 2 heterocycles. The molecule has 0 aliphatic carbocycles. The predicted molar refractivity (Wildman–Crippen MR) is 67.8 cm³/mol. The number of anilines is 1. The van der Waals surface area contributed by atoms with Crippen LogP contribution in [-0.4, -0.2) is 22.8 Å². The topological polar surface area (TPSA) is 53.1 Å². The Labute approximate surface area is 100 Å². The summed E-state index contributed by atoms with van der Waals surface area (Å²) in [6.45, 7) is 3.75. The molecular formula is C13H17N3O. The maximum Gasteiger partial charge on any atom is 0.201 e. The van der Waals surface area contributed by atoms with Gasteiger partial charge in [-0.3, -0.25) is 0 Å². The summed E-state index contributed by atoms with van der Waals surface area (Å²) in [5.41, 5.74) is 8.05. The number of ether oxygens (including phenoxy) is 1. The van der Waals surface area contributed by atoms with E-state index in [-0.39, 0.29) is 5.54 Å². The lowest BCUT2D eigenvalue weighted by atomic mass is 9.94. The van der Waals surface area contributed by atoms with Crippen molar-refractivity contribution >= 4 is 17.0 Å². The third-order valence-corrected chi connectivity index (χ3v) is 3.54. The van der Waals surface area contributed by atoms with Crippen LogP contribution in [0.3, 0.4) is 0 Å². The summed E-state index contributed by atoms with van der Waals surface area (Å²) in [5.74, 6) is 0.583. The zero-order valence-corrected chi connectivity index (χ0v) is 10.0. The molecule has 0 spiro atoms. The Balaban J connectivity index is 2.18. The second kappa shape index (κ2) is 3.74. The van der Waals surface area contributed by atoms with Crippen LogP contribution >= 0.6 is 0 Å². The number of nitrogen functional groups attached to an aromatic ring is 1. The van der Waals surface area contributed by atoms with Crippen LogP contribution in [0.1, 0.15) is 19.8 Å². The monoisotopic (exact) mass is 231 g/mol. The minimum atomic E-state index is -0.0710. The average Bonchev–Trinajstić information content (AvgIpc) is 2.66. The van der Waals surface area contributed by atoms with Crippen LogP contribution in [0.5, 0.6) is 0 Å². The molecule has 1 aromatic heterocycles. The number of imidazole rings is 1. The van der Waals surface area contributed by atoms with Gasteiger partial charge in [0.2, 0.25) is 5.95 Å². The number of para-hydroxylation sites is 2. The first-order valence-corrected chi connectivity index (χ1v) is 6.02. The van der Waals surface area contributed by atoms with E-state index in [4.69, 9.17) is 10.5 Å². The molecule has 2 N–H and O–H groups in total. The zero-order valence-electron chi connectivity index (χ0n) is 10.0. The van der Waals surface area contributed by atoms with E-state index < -0.39 is 0 Å². The van der Waals surface area contributed by atoms with Crippen LogP contribution in [0.15, 0.2) is 24.3 Å². The SMILES string of the molecule is CC1(n2c(N)nc3ccccc32)CCCOC1. The Hall–Kier alpha value is -1.55. The fraction of sp³-hybridized carbons (Fsp3) is 0.462. The number of fused-ring (bicyclic) bond motifs is 1. The molecule has 1 aromatic carbocycles. The van der Waals surface area contributed by atoms with Crippen molar-refractivity contribution in [1.29, 1.82) is 0 Å². The van der Waals surface area contributed by atoms with Crippen molar-refractivity contribution in [2.45, 2.75) is 25.3 Å². The Morgan fingerprint density at radius 2 is 2.24 bits per heavy atom. The third-order valence-electron chi connectivity index (χ3n) is 3.54. The first-order valence-electron chi connectivity index (χ1n) is 6.02. The van der Waals surface area contributed by atoms with E-state index in [1.807, 2.05) is 18.2 Å². The van der Waals surface area contributed by atoms with Gasteiger partial charge in [0.1, 0.15) is 0 Å². The summed E-state index contributed by atoms with van der Waals surface area (Å²) in [4.78, 5) is 4.42. The molecule has 17 heavy (non-hydrogen) atoms. The zero-order chi connectivity index (χ0) is 11.9. The van der Waals surface area contributed by atoms with Gasteiger partial charge in [0.25, 0.3) is 0 Å². The van der Waals surface area contributed by atoms with E-state index in [2.05, 4.69) is 22.5 Å². The molecule has 0 amide bonds. The van der Waals surface area contributed by atoms with Gasteiger partial charge in [0, 0.05) is 6.61 Å². The predicted octanol–water partition coefficient (Wildman–Crippen LogP) is 2.14. The van der Waals surface area contributed by atoms with E-state index in [1.54, 1.807) is 0 Å². The Morgan fingerprint density at radius 3 is 3.00 bits per heavy atom. The highest BCUT2D eigenvalue weighted by Crippen LogP contribution is 2.33. The number of hydrogen-bond acceptors (Lipinski definition) is 3. The molecule has 1 saturated heterocycles. The van der Waals surface area contributed by atoms with Crippen molar-refractivity contribution in [1.82, 2.24) is 9.55 Å². The van der Waals surface area contributed by atoms with Crippen LogP contribution in [0.25, 0.3) is 11.0 Å². The van der Waals surface area contributed by atoms with Crippen molar-refractivity contribution in [2.24, 2.45) is 0 Å². The average molecular weight is 231 g/mol. The maximum absolute atomic E-state index is 6.07. The second-order valence-corrected chi connectivity index (χ2v) is 4.95. The fourth-order valence-corrected chi connectivity index (χ4v) is 2.71. The van der Waals surface area contributed by atoms with Gasteiger partial charge in [-0.25, -0.2) is 4.98 Å².